The number of amides is 1. The predicted molar refractivity (Wildman–Crippen MR) is 74.9 cm³/mol. The molecule has 21 heavy (non-hydrogen) atoms. The van der Waals surface area contributed by atoms with E-state index in [2.05, 4.69) is 5.32 Å². The van der Waals surface area contributed by atoms with Crippen LogP contribution in [0.1, 0.15) is 19.3 Å². The maximum atomic E-state index is 12.1. The standard InChI is InChI=1S/C13H16N2O5S/c14-21(19,20)9-4-1-3-8(7-9)15-12(16)10-5-2-6-11(10)13(17)18/h1,3-4,7,10-11H,2,5-6H2,(H,15,16)(H,17,18)(H2,14,19,20)/t10-,11+/m1/s1. The summed E-state index contributed by atoms with van der Waals surface area (Å²) in [6.07, 6.45) is 1.68. The van der Waals surface area contributed by atoms with Crippen molar-refractivity contribution in [2.24, 2.45) is 17.0 Å². The van der Waals surface area contributed by atoms with Gasteiger partial charge in [0.1, 0.15) is 0 Å². The average molecular weight is 312 g/mol. The second kappa shape index (κ2) is 5.82. The van der Waals surface area contributed by atoms with Crippen LogP contribution in [-0.4, -0.2) is 25.4 Å². The maximum Gasteiger partial charge on any atom is 0.307 e. The zero-order valence-electron chi connectivity index (χ0n) is 11.2. The summed E-state index contributed by atoms with van der Waals surface area (Å²) in [5.74, 6) is -2.68. The number of sulfonamides is 1. The lowest BCUT2D eigenvalue weighted by molar-refractivity contribution is -0.145. The van der Waals surface area contributed by atoms with E-state index in [-0.39, 0.29) is 10.6 Å². The Morgan fingerprint density at radius 3 is 2.52 bits per heavy atom. The zero-order valence-corrected chi connectivity index (χ0v) is 12.0. The van der Waals surface area contributed by atoms with E-state index in [1.807, 2.05) is 0 Å². The van der Waals surface area contributed by atoms with Gasteiger partial charge in [-0.1, -0.05) is 12.5 Å². The molecule has 0 bridgehead atoms. The van der Waals surface area contributed by atoms with E-state index in [1.165, 1.54) is 24.3 Å². The fourth-order valence-electron chi connectivity index (χ4n) is 2.56. The Bertz CT molecular complexity index is 671. The third kappa shape index (κ3) is 3.59. The Labute approximate surface area is 122 Å². The van der Waals surface area contributed by atoms with Crippen LogP contribution in [-0.2, 0) is 19.6 Å². The van der Waals surface area contributed by atoms with E-state index in [0.717, 1.165) is 0 Å². The Morgan fingerprint density at radius 1 is 1.24 bits per heavy atom. The average Bonchev–Trinajstić information content (AvgIpc) is 2.87. The molecular formula is C13H16N2O5S. The van der Waals surface area contributed by atoms with Gasteiger partial charge < -0.3 is 10.4 Å². The molecule has 0 aliphatic heterocycles. The minimum absolute atomic E-state index is 0.110. The first-order valence-corrected chi connectivity index (χ1v) is 8.00. The number of carboxylic acids is 1. The van der Waals surface area contributed by atoms with Crippen LogP contribution in [0.3, 0.4) is 0 Å². The quantitative estimate of drug-likeness (QED) is 0.757. The van der Waals surface area contributed by atoms with Crippen molar-refractivity contribution in [2.45, 2.75) is 24.2 Å². The first kappa shape index (κ1) is 15.5. The zero-order chi connectivity index (χ0) is 15.6. The summed E-state index contributed by atoms with van der Waals surface area (Å²) < 4.78 is 22.5. The Kier molecular flexibility index (Phi) is 4.29. The van der Waals surface area contributed by atoms with E-state index in [1.54, 1.807) is 0 Å². The van der Waals surface area contributed by atoms with Crippen LogP contribution in [0.5, 0.6) is 0 Å². The van der Waals surface area contributed by atoms with Gasteiger partial charge in [0.15, 0.2) is 0 Å². The highest BCUT2D eigenvalue weighted by atomic mass is 32.2. The molecule has 1 aliphatic carbocycles. The Balaban J connectivity index is 2.15. The number of carboxylic acid groups (broad SMARTS) is 1. The van der Waals surface area contributed by atoms with Crippen LogP contribution < -0.4 is 10.5 Å². The van der Waals surface area contributed by atoms with Gasteiger partial charge in [-0.3, -0.25) is 9.59 Å². The molecule has 1 aromatic carbocycles. The number of nitrogens with one attached hydrogen (secondary N) is 1. The maximum absolute atomic E-state index is 12.1. The van der Waals surface area contributed by atoms with Crippen molar-refractivity contribution in [2.75, 3.05) is 5.32 Å². The Morgan fingerprint density at radius 2 is 1.90 bits per heavy atom. The normalized spacial score (nSPS) is 22.0. The Hall–Kier alpha value is -1.93. The van der Waals surface area contributed by atoms with Crippen LogP contribution in [0, 0.1) is 11.8 Å². The number of carbonyl (C=O) groups is 2. The topological polar surface area (TPSA) is 127 Å². The number of nitrogens with two attached hydrogens (primary N) is 1. The van der Waals surface area contributed by atoms with Gasteiger partial charge >= 0.3 is 5.97 Å². The van der Waals surface area contributed by atoms with Gasteiger partial charge in [0.2, 0.25) is 15.9 Å². The molecule has 0 spiro atoms. The molecule has 0 radical (unpaired) electrons. The van der Waals surface area contributed by atoms with Crippen molar-refractivity contribution < 1.29 is 23.1 Å². The third-order valence-electron chi connectivity index (χ3n) is 3.60. The summed E-state index contributed by atoms with van der Waals surface area (Å²) in [5.41, 5.74) is 0.280. The van der Waals surface area contributed by atoms with E-state index < -0.39 is 33.7 Å². The van der Waals surface area contributed by atoms with E-state index >= 15 is 0 Å². The molecule has 1 aliphatic rings. The molecule has 2 atom stereocenters. The fraction of sp³-hybridized carbons (Fsp3) is 0.385. The second-order valence-electron chi connectivity index (χ2n) is 5.04. The van der Waals surface area contributed by atoms with Gasteiger partial charge in [-0.2, -0.15) is 0 Å². The van der Waals surface area contributed by atoms with Gasteiger partial charge in [0.05, 0.1) is 16.7 Å². The van der Waals surface area contributed by atoms with E-state index in [9.17, 15) is 18.0 Å². The first-order chi connectivity index (χ1) is 9.79. The summed E-state index contributed by atoms with van der Waals surface area (Å²) in [5, 5.41) is 16.7. The van der Waals surface area contributed by atoms with E-state index in [0.29, 0.717) is 19.3 Å². The SMILES string of the molecule is NS(=O)(=O)c1cccc(NC(=O)[C@@H]2CCC[C@@H]2C(=O)O)c1. The van der Waals surface area contributed by atoms with Crippen molar-refractivity contribution >= 4 is 27.6 Å². The molecule has 7 nitrogen and oxygen atoms in total. The highest BCUT2D eigenvalue weighted by molar-refractivity contribution is 7.89. The summed E-state index contributed by atoms with van der Waals surface area (Å²) in [6, 6.07) is 5.55. The number of carbonyl (C=O) groups excluding carboxylic acids is 1. The highest BCUT2D eigenvalue weighted by Gasteiger charge is 2.37. The van der Waals surface area contributed by atoms with Crippen LogP contribution in [0.25, 0.3) is 0 Å². The number of primary sulfonamides is 1. The molecule has 1 fully saturated rings. The minimum atomic E-state index is -3.85. The van der Waals surface area contributed by atoms with Crippen molar-refractivity contribution in [1.82, 2.24) is 0 Å². The highest BCUT2D eigenvalue weighted by Crippen LogP contribution is 2.33. The molecule has 1 amide bonds. The van der Waals surface area contributed by atoms with Gasteiger partial charge in [-0.15, -0.1) is 0 Å². The summed E-state index contributed by atoms with van der Waals surface area (Å²) in [6.45, 7) is 0. The molecule has 4 N–H and O–H groups in total. The summed E-state index contributed by atoms with van der Waals surface area (Å²) >= 11 is 0. The number of aliphatic carboxylic acids is 1. The number of benzene rings is 1. The summed E-state index contributed by atoms with van der Waals surface area (Å²) in [4.78, 5) is 23.1. The van der Waals surface area contributed by atoms with E-state index in [4.69, 9.17) is 10.2 Å². The first-order valence-electron chi connectivity index (χ1n) is 6.45. The van der Waals surface area contributed by atoms with Crippen molar-refractivity contribution in [1.29, 1.82) is 0 Å². The largest absolute Gasteiger partial charge is 0.481 e. The number of rotatable bonds is 4. The smallest absolute Gasteiger partial charge is 0.307 e. The lowest BCUT2D eigenvalue weighted by Gasteiger charge is -2.15. The number of hydrogen-bond acceptors (Lipinski definition) is 4. The predicted octanol–water partition coefficient (Wildman–Crippen LogP) is 0.773. The van der Waals surface area contributed by atoms with Gasteiger partial charge in [-0.25, -0.2) is 13.6 Å². The second-order valence-corrected chi connectivity index (χ2v) is 6.61. The molecule has 114 valence electrons. The molecule has 1 saturated carbocycles. The van der Waals surface area contributed by atoms with Gasteiger partial charge in [0, 0.05) is 5.69 Å². The molecule has 8 heteroatoms. The molecule has 0 aromatic heterocycles. The lowest BCUT2D eigenvalue weighted by Crippen LogP contribution is -2.30. The van der Waals surface area contributed by atoms with Gasteiger partial charge in [0.25, 0.3) is 0 Å². The summed E-state index contributed by atoms with van der Waals surface area (Å²) in [7, 11) is -3.85. The number of hydrogen-bond donors (Lipinski definition) is 3. The van der Waals surface area contributed by atoms with Crippen LogP contribution in [0.2, 0.25) is 0 Å². The molecule has 1 aromatic rings. The van der Waals surface area contributed by atoms with Crippen LogP contribution in [0.4, 0.5) is 5.69 Å². The monoisotopic (exact) mass is 312 g/mol. The fourth-order valence-corrected chi connectivity index (χ4v) is 3.11. The van der Waals surface area contributed by atoms with Crippen molar-refractivity contribution in [3.05, 3.63) is 24.3 Å². The number of anilines is 1. The minimum Gasteiger partial charge on any atom is -0.481 e. The molecular weight excluding hydrogens is 296 g/mol. The molecule has 2 rings (SSSR count). The van der Waals surface area contributed by atoms with Gasteiger partial charge in [-0.05, 0) is 31.0 Å². The molecule has 0 heterocycles. The molecule has 0 saturated heterocycles. The third-order valence-corrected chi connectivity index (χ3v) is 4.51. The van der Waals surface area contributed by atoms with Crippen molar-refractivity contribution in [3.63, 3.8) is 0 Å². The lowest BCUT2D eigenvalue weighted by atomic mass is 9.95. The van der Waals surface area contributed by atoms with Crippen LogP contribution >= 0.6 is 0 Å². The van der Waals surface area contributed by atoms with Crippen LogP contribution in [0.15, 0.2) is 29.2 Å². The van der Waals surface area contributed by atoms with Crippen molar-refractivity contribution in [3.8, 4) is 0 Å². The molecule has 0 unspecified atom stereocenters.